The molecule has 2 N–H and O–H groups in total. The van der Waals surface area contributed by atoms with Gasteiger partial charge in [-0.1, -0.05) is 6.07 Å². The quantitative estimate of drug-likeness (QED) is 0.690. The van der Waals surface area contributed by atoms with Crippen LogP contribution in [0.5, 0.6) is 0 Å². The second kappa shape index (κ2) is 4.79. The standard InChI is InChI=1S/C9H15N3O/c1-12(2)9-4-3-8(7-11-9)5-6-13-10/h3-4,7H,5-6,10H2,1-2H3. The van der Waals surface area contributed by atoms with E-state index < -0.39 is 0 Å². The Morgan fingerprint density at radius 1 is 1.46 bits per heavy atom. The molecule has 0 aliphatic heterocycles. The van der Waals surface area contributed by atoms with E-state index in [1.807, 2.05) is 37.3 Å². The molecule has 0 bridgehead atoms. The summed E-state index contributed by atoms with van der Waals surface area (Å²) in [6, 6.07) is 4.01. The van der Waals surface area contributed by atoms with Crippen LogP contribution in [0.1, 0.15) is 5.56 Å². The van der Waals surface area contributed by atoms with Crippen LogP contribution >= 0.6 is 0 Å². The molecular weight excluding hydrogens is 166 g/mol. The maximum Gasteiger partial charge on any atom is 0.127 e. The number of anilines is 1. The fraction of sp³-hybridized carbons (Fsp3) is 0.444. The summed E-state index contributed by atoms with van der Waals surface area (Å²) in [6.07, 6.45) is 2.64. The Morgan fingerprint density at radius 2 is 2.23 bits per heavy atom. The van der Waals surface area contributed by atoms with Crippen LogP contribution in [0.15, 0.2) is 18.3 Å². The van der Waals surface area contributed by atoms with Gasteiger partial charge in [0, 0.05) is 20.3 Å². The normalized spacial score (nSPS) is 10.1. The molecule has 1 rings (SSSR count). The van der Waals surface area contributed by atoms with Gasteiger partial charge in [0.25, 0.3) is 0 Å². The molecule has 13 heavy (non-hydrogen) atoms. The smallest absolute Gasteiger partial charge is 0.127 e. The van der Waals surface area contributed by atoms with E-state index in [2.05, 4.69) is 9.82 Å². The minimum absolute atomic E-state index is 0.531. The number of pyridine rings is 1. The summed E-state index contributed by atoms with van der Waals surface area (Å²) < 4.78 is 0. The predicted octanol–water partition coefficient (Wildman–Crippen LogP) is 0.580. The van der Waals surface area contributed by atoms with Gasteiger partial charge in [0.2, 0.25) is 0 Å². The van der Waals surface area contributed by atoms with Gasteiger partial charge < -0.3 is 9.74 Å². The van der Waals surface area contributed by atoms with Crippen molar-refractivity contribution in [1.82, 2.24) is 4.98 Å². The van der Waals surface area contributed by atoms with Crippen LogP contribution in [0.2, 0.25) is 0 Å². The first-order chi connectivity index (χ1) is 6.24. The lowest BCUT2D eigenvalue weighted by Gasteiger charge is -2.10. The monoisotopic (exact) mass is 181 g/mol. The van der Waals surface area contributed by atoms with Crippen LogP contribution < -0.4 is 10.8 Å². The van der Waals surface area contributed by atoms with E-state index in [1.54, 1.807) is 0 Å². The van der Waals surface area contributed by atoms with Gasteiger partial charge >= 0.3 is 0 Å². The highest BCUT2D eigenvalue weighted by molar-refractivity contribution is 5.37. The van der Waals surface area contributed by atoms with E-state index in [4.69, 9.17) is 5.90 Å². The van der Waals surface area contributed by atoms with E-state index in [9.17, 15) is 0 Å². The third kappa shape index (κ3) is 3.01. The number of rotatable bonds is 4. The minimum Gasteiger partial charge on any atom is -0.363 e. The van der Waals surface area contributed by atoms with Crippen molar-refractivity contribution in [2.45, 2.75) is 6.42 Å². The van der Waals surface area contributed by atoms with Gasteiger partial charge in [0.15, 0.2) is 0 Å². The van der Waals surface area contributed by atoms with Crippen molar-refractivity contribution < 1.29 is 4.84 Å². The second-order valence-corrected chi connectivity index (χ2v) is 3.04. The third-order valence-electron chi connectivity index (χ3n) is 1.78. The molecule has 0 saturated carbocycles. The number of nitrogens with zero attached hydrogens (tertiary/aromatic N) is 2. The molecule has 0 radical (unpaired) electrons. The molecule has 1 aromatic rings. The molecule has 0 aliphatic rings. The molecule has 1 aromatic heterocycles. The van der Waals surface area contributed by atoms with Crippen LogP contribution in [0.3, 0.4) is 0 Å². The fourth-order valence-electron chi connectivity index (χ4n) is 1.01. The molecule has 0 unspecified atom stereocenters. The second-order valence-electron chi connectivity index (χ2n) is 3.04. The lowest BCUT2D eigenvalue weighted by molar-refractivity contribution is 0.141. The van der Waals surface area contributed by atoms with Crippen molar-refractivity contribution >= 4 is 5.82 Å². The van der Waals surface area contributed by atoms with E-state index in [0.29, 0.717) is 6.61 Å². The van der Waals surface area contributed by atoms with Crippen LogP contribution in [-0.2, 0) is 11.3 Å². The topological polar surface area (TPSA) is 51.4 Å². The molecule has 0 aromatic carbocycles. The summed E-state index contributed by atoms with van der Waals surface area (Å²) in [5, 5.41) is 0. The van der Waals surface area contributed by atoms with E-state index >= 15 is 0 Å². The first kappa shape index (κ1) is 9.95. The zero-order valence-electron chi connectivity index (χ0n) is 8.03. The number of hydrogen-bond acceptors (Lipinski definition) is 4. The first-order valence-electron chi connectivity index (χ1n) is 4.18. The SMILES string of the molecule is CN(C)c1ccc(CCON)cn1. The zero-order valence-corrected chi connectivity index (χ0v) is 8.03. The van der Waals surface area contributed by atoms with E-state index in [0.717, 1.165) is 17.8 Å². The van der Waals surface area contributed by atoms with Gasteiger partial charge in [0.05, 0.1) is 6.61 Å². The summed E-state index contributed by atoms with van der Waals surface area (Å²) in [5.41, 5.74) is 1.14. The molecule has 0 atom stereocenters. The molecule has 4 heteroatoms. The Morgan fingerprint density at radius 3 is 2.69 bits per heavy atom. The number of aromatic nitrogens is 1. The predicted molar refractivity (Wildman–Crippen MR) is 52.4 cm³/mol. The lowest BCUT2D eigenvalue weighted by Crippen LogP contribution is -2.10. The van der Waals surface area contributed by atoms with Gasteiger partial charge in [-0.05, 0) is 18.1 Å². The molecule has 4 nitrogen and oxygen atoms in total. The van der Waals surface area contributed by atoms with Gasteiger partial charge in [-0.25, -0.2) is 10.9 Å². The summed E-state index contributed by atoms with van der Waals surface area (Å²) in [5.74, 6) is 5.88. The Labute approximate surface area is 78.3 Å². The fourth-order valence-corrected chi connectivity index (χ4v) is 1.01. The Balaban J connectivity index is 2.59. The molecule has 0 spiro atoms. The van der Waals surface area contributed by atoms with Crippen LogP contribution in [0.4, 0.5) is 5.82 Å². The lowest BCUT2D eigenvalue weighted by atomic mass is 10.2. The summed E-state index contributed by atoms with van der Waals surface area (Å²) in [4.78, 5) is 10.7. The van der Waals surface area contributed by atoms with Crippen molar-refractivity contribution in [2.24, 2.45) is 5.90 Å². The van der Waals surface area contributed by atoms with Crippen molar-refractivity contribution in [1.29, 1.82) is 0 Å². The summed E-state index contributed by atoms with van der Waals surface area (Å²) >= 11 is 0. The van der Waals surface area contributed by atoms with E-state index in [1.165, 1.54) is 0 Å². The molecule has 0 fully saturated rings. The Bertz CT molecular complexity index is 246. The Kier molecular flexibility index (Phi) is 3.67. The average Bonchev–Trinajstić information content (AvgIpc) is 2.15. The highest BCUT2D eigenvalue weighted by Gasteiger charge is 1.97. The average molecular weight is 181 g/mol. The molecule has 0 amide bonds. The molecule has 0 saturated heterocycles. The molecular formula is C9H15N3O. The highest BCUT2D eigenvalue weighted by Crippen LogP contribution is 2.07. The van der Waals surface area contributed by atoms with Gasteiger partial charge in [-0.15, -0.1) is 0 Å². The van der Waals surface area contributed by atoms with Crippen molar-refractivity contribution in [2.75, 3.05) is 25.6 Å². The minimum atomic E-state index is 0.531. The van der Waals surface area contributed by atoms with E-state index in [-0.39, 0.29) is 0 Å². The largest absolute Gasteiger partial charge is 0.363 e. The van der Waals surface area contributed by atoms with Crippen molar-refractivity contribution in [3.63, 3.8) is 0 Å². The molecule has 0 aliphatic carbocycles. The van der Waals surface area contributed by atoms with Gasteiger partial charge in [-0.2, -0.15) is 0 Å². The number of nitrogens with two attached hydrogens (primary N) is 1. The van der Waals surface area contributed by atoms with Crippen LogP contribution in [-0.4, -0.2) is 25.7 Å². The van der Waals surface area contributed by atoms with Gasteiger partial charge in [0.1, 0.15) is 5.82 Å². The Hall–Kier alpha value is -1.13. The maximum absolute atomic E-state index is 4.93. The van der Waals surface area contributed by atoms with Crippen LogP contribution in [0.25, 0.3) is 0 Å². The highest BCUT2D eigenvalue weighted by atomic mass is 16.6. The maximum atomic E-state index is 4.93. The first-order valence-corrected chi connectivity index (χ1v) is 4.18. The summed E-state index contributed by atoms with van der Waals surface area (Å²) in [7, 11) is 3.93. The number of hydrogen-bond donors (Lipinski definition) is 1. The van der Waals surface area contributed by atoms with Crippen molar-refractivity contribution in [3.05, 3.63) is 23.9 Å². The van der Waals surface area contributed by atoms with Gasteiger partial charge in [-0.3, -0.25) is 0 Å². The third-order valence-corrected chi connectivity index (χ3v) is 1.78. The molecule has 72 valence electrons. The summed E-state index contributed by atoms with van der Waals surface area (Å²) in [6.45, 7) is 0.531. The van der Waals surface area contributed by atoms with Crippen molar-refractivity contribution in [3.8, 4) is 0 Å². The van der Waals surface area contributed by atoms with Crippen LogP contribution in [0, 0.1) is 0 Å². The zero-order chi connectivity index (χ0) is 9.68. The molecule has 1 heterocycles.